The topological polar surface area (TPSA) is 120 Å². The maximum Gasteiger partial charge on any atom is 0.228 e. The lowest BCUT2D eigenvalue weighted by Crippen LogP contribution is -1.94. The van der Waals surface area contributed by atoms with Crippen molar-refractivity contribution in [1.82, 2.24) is 9.97 Å². The Kier molecular flexibility index (Phi) is 3.93. The van der Waals surface area contributed by atoms with Crippen LogP contribution < -0.4 is 5.73 Å². The summed E-state index contributed by atoms with van der Waals surface area (Å²) >= 11 is 4.79. The fourth-order valence-corrected chi connectivity index (χ4v) is 1.64. The average molecular weight is 284 g/mol. The third-order valence-electron chi connectivity index (χ3n) is 2.38. The fraction of sp³-hybridized carbons (Fsp3) is 0. The number of aromatic amines is 1. The van der Waals surface area contributed by atoms with Gasteiger partial charge in [0.25, 0.3) is 0 Å². The Morgan fingerprint density at radius 2 is 2.10 bits per heavy atom. The highest BCUT2D eigenvalue weighted by atomic mass is 32.1. The molecule has 0 unspecified atom stereocenters. The monoisotopic (exact) mass is 284 g/mol. The first-order valence-electron chi connectivity index (χ1n) is 5.41. The molecule has 1 heterocycles. The number of nitrogen functional groups attached to an aromatic ring is 1. The van der Waals surface area contributed by atoms with Gasteiger partial charge in [-0.3, -0.25) is 0 Å². The van der Waals surface area contributed by atoms with Crippen LogP contribution in [0.3, 0.4) is 0 Å². The molecular weight excluding hydrogens is 276 g/mol. The standard InChI is InChI=1S/C12H8N6OS/c13-5-7-1-3-8(4-2-7)6-15-9-10(14)16-12(20)17-11(9)18-19/h1-4,6H,(H3,14,16,17,20). The minimum atomic E-state index is -0.170. The average Bonchev–Trinajstić information content (AvgIpc) is 2.46. The zero-order chi connectivity index (χ0) is 14.5. The number of nitriles is 1. The second kappa shape index (κ2) is 5.81. The van der Waals surface area contributed by atoms with Gasteiger partial charge in [0, 0.05) is 6.21 Å². The number of nitrogens with one attached hydrogen (secondary N) is 1. The van der Waals surface area contributed by atoms with E-state index in [9.17, 15) is 4.91 Å². The summed E-state index contributed by atoms with van der Waals surface area (Å²) in [6.07, 6.45) is 1.49. The number of rotatable bonds is 3. The first-order valence-corrected chi connectivity index (χ1v) is 5.82. The number of hydrogen-bond acceptors (Lipinski definition) is 7. The van der Waals surface area contributed by atoms with E-state index in [0.29, 0.717) is 5.56 Å². The van der Waals surface area contributed by atoms with E-state index < -0.39 is 0 Å². The lowest BCUT2D eigenvalue weighted by Gasteiger charge is -2.01. The number of H-pyrrole nitrogens is 1. The quantitative estimate of drug-likeness (QED) is 0.510. The Balaban J connectivity index is 2.38. The zero-order valence-corrected chi connectivity index (χ0v) is 10.9. The van der Waals surface area contributed by atoms with E-state index in [-0.39, 0.29) is 22.1 Å². The first-order chi connectivity index (χ1) is 9.63. The Morgan fingerprint density at radius 1 is 1.40 bits per heavy atom. The van der Waals surface area contributed by atoms with Crippen LogP contribution in [0.4, 0.5) is 17.3 Å². The maximum absolute atomic E-state index is 10.7. The number of nitrogens with two attached hydrogens (primary N) is 1. The zero-order valence-electron chi connectivity index (χ0n) is 10.1. The summed E-state index contributed by atoms with van der Waals surface area (Å²) in [5.74, 6) is -0.0550. The van der Waals surface area contributed by atoms with Crippen molar-refractivity contribution in [3.8, 4) is 6.07 Å². The molecule has 0 atom stereocenters. The van der Waals surface area contributed by atoms with Gasteiger partial charge in [0.15, 0.2) is 5.69 Å². The van der Waals surface area contributed by atoms with Crippen molar-refractivity contribution in [2.75, 3.05) is 5.73 Å². The van der Waals surface area contributed by atoms with Crippen LogP contribution >= 0.6 is 12.2 Å². The molecule has 0 fully saturated rings. The van der Waals surface area contributed by atoms with Gasteiger partial charge in [-0.05, 0) is 35.1 Å². The van der Waals surface area contributed by atoms with E-state index in [0.717, 1.165) is 5.56 Å². The molecule has 7 nitrogen and oxygen atoms in total. The molecule has 0 radical (unpaired) electrons. The van der Waals surface area contributed by atoms with Crippen molar-refractivity contribution in [3.63, 3.8) is 0 Å². The highest BCUT2D eigenvalue weighted by Gasteiger charge is 2.08. The number of anilines is 1. The molecule has 0 spiro atoms. The van der Waals surface area contributed by atoms with Gasteiger partial charge in [0.1, 0.15) is 5.82 Å². The predicted molar refractivity (Wildman–Crippen MR) is 77.7 cm³/mol. The number of aliphatic imine (C=N–C) groups is 1. The maximum atomic E-state index is 10.7. The van der Waals surface area contributed by atoms with Gasteiger partial charge in [-0.2, -0.15) is 10.2 Å². The Bertz CT molecular complexity index is 772. The van der Waals surface area contributed by atoms with Crippen LogP contribution in [-0.4, -0.2) is 16.2 Å². The Labute approximate surface area is 118 Å². The smallest absolute Gasteiger partial charge is 0.228 e. The summed E-state index contributed by atoms with van der Waals surface area (Å²) in [6.45, 7) is 0. The molecule has 2 aromatic rings. The van der Waals surface area contributed by atoms with E-state index in [1.54, 1.807) is 24.3 Å². The minimum absolute atomic E-state index is 0.0643. The minimum Gasteiger partial charge on any atom is -0.383 e. The van der Waals surface area contributed by atoms with E-state index in [1.165, 1.54) is 6.21 Å². The largest absolute Gasteiger partial charge is 0.383 e. The van der Waals surface area contributed by atoms with Gasteiger partial charge in [0.2, 0.25) is 10.6 Å². The molecule has 8 heteroatoms. The highest BCUT2D eigenvalue weighted by Crippen LogP contribution is 2.29. The SMILES string of the molecule is N#Cc1ccc(C=Nc2c(N=O)nc(=S)[nH]c2N)cc1. The summed E-state index contributed by atoms with van der Waals surface area (Å²) in [6, 6.07) is 8.75. The molecule has 0 aliphatic heterocycles. The fourth-order valence-electron chi connectivity index (χ4n) is 1.45. The molecule has 0 aliphatic carbocycles. The van der Waals surface area contributed by atoms with Crippen LogP contribution in [0.15, 0.2) is 34.4 Å². The van der Waals surface area contributed by atoms with E-state index in [1.807, 2.05) is 6.07 Å². The van der Waals surface area contributed by atoms with Gasteiger partial charge >= 0.3 is 0 Å². The van der Waals surface area contributed by atoms with Crippen LogP contribution in [-0.2, 0) is 0 Å². The molecule has 2 rings (SSSR count). The Hall–Kier alpha value is -2.92. The van der Waals surface area contributed by atoms with Crippen LogP contribution in [0.5, 0.6) is 0 Å². The molecule has 0 aliphatic rings. The molecular formula is C12H8N6OS. The van der Waals surface area contributed by atoms with Crippen LogP contribution in [0, 0.1) is 21.0 Å². The number of benzene rings is 1. The summed E-state index contributed by atoms with van der Waals surface area (Å²) in [5, 5.41) is 11.4. The molecule has 1 aromatic heterocycles. The van der Waals surface area contributed by atoms with Gasteiger partial charge < -0.3 is 10.7 Å². The van der Waals surface area contributed by atoms with Crippen molar-refractivity contribution in [2.24, 2.45) is 10.2 Å². The summed E-state index contributed by atoms with van der Waals surface area (Å²) in [5.41, 5.74) is 7.10. The van der Waals surface area contributed by atoms with Gasteiger partial charge in [-0.25, -0.2) is 4.99 Å². The lowest BCUT2D eigenvalue weighted by molar-refractivity contribution is 1.12. The predicted octanol–water partition coefficient (Wildman–Crippen LogP) is 2.74. The molecule has 0 bridgehead atoms. The van der Waals surface area contributed by atoms with E-state index in [2.05, 4.69) is 20.1 Å². The molecule has 1 aromatic carbocycles. The van der Waals surface area contributed by atoms with E-state index in [4.69, 9.17) is 23.2 Å². The third kappa shape index (κ3) is 2.90. The molecule has 3 N–H and O–H groups in total. The summed E-state index contributed by atoms with van der Waals surface area (Å²) in [7, 11) is 0. The van der Waals surface area contributed by atoms with Crippen LogP contribution in [0.25, 0.3) is 0 Å². The number of hydrogen-bond donors (Lipinski definition) is 2. The van der Waals surface area contributed by atoms with Crippen molar-refractivity contribution in [3.05, 3.63) is 45.1 Å². The van der Waals surface area contributed by atoms with Crippen LogP contribution in [0.2, 0.25) is 0 Å². The lowest BCUT2D eigenvalue weighted by atomic mass is 10.2. The number of aromatic nitrogens is 2. The summed E-state index contributed by atoms with van der Waals surface area (Å²) in [4.78, 5) is 21.1. The van der Waals surface area contributed by atoms with Crippen LogP contribution in [0.1, 0.15) is 11.1 Å². The molecule has 0 saturated carbocycles. The van der Waals surface area contributed by atoms with E-state index >= 15 is 0 Å². The molecule has 0 saturated heterocycles. The van der Waals surface area contributed by atoms with Gasteiger partial charge in [-0.15, -0.1) is 4.91 Å². The van der Waals surface area contributed by atoms with Gasteiger partial charge in [-0.1, -0.05) is 12.1 Å². The normalized spacial score (nSPS) is 10.3. The van der Waals surface area contributed by atoms with Crippen molar-refractivity contribution >= 4 is 35.8 Å². The second-order valence-electron chi connectivity index (χ2n) is 3.71. The highest BCUT2D eigenvalue weighted by molar-refractivity contribution is 7.71. The van der Waals surface area contributed by atoms with Crippen molar-refractivity contribution < 1.29 is 0 Å². The van der Waals surface area contributed by atoms with Crippen molar-refractivity contribution in [2.45, 2.75) is 0 Å². The molecule has 0 amide bonds. The molecule has 98 valence electrons. The summed E-state index contributed by atoms with van der Waals surface area (Å²) < 4.78 is 0.0643. The van der Waals surface area contributed by atoms with Crippen molar-refractivity contribution in [1.29, 1.82) is 5.26 Å². The number of nitroso groups, excluding NO2 is 1. The number of nitrogens with zero attached hydrogens (tertiary/aromatic N) is 4. The second-order valence-corrected chi connectivity index (χ2v) is 4.10. The Morgan fingerprint density at radius 3 is 2.70 bits per heavy atom. The molecule has 20 heavy (non-hydrogen) atoms. The third-order valence-corrected chi connectivity index (χ3v) is 2.58. The first kappa shape index (κ1) is 13.5. The van der Waals surface area contributed by atoms with Gasteiger partial charge in [0.05, 0.1) is 11.6 Å².